The number of methoxy groups -OCH3 is 1. The Morgan fingerprint density at radius 3 is 2.57 bits per heavy atom. The molecule has 0 atom stereocenters. The zero-order valence-corrected chi connectivity index (χ0v) is 12.9. The van der Waals surface area contributed by atoms with Gasteiger partial charge in [-0.2, -0.15) is 5.10 Å². The number of rotatable bonds is 7. The second kappa shape index (κ2) is 6.73. The third-order valence-corrected chi connectivity index (χ3v) is 4.47. The summed E-state index contributed by atoms with van der Waals surface area (Å²) in [5.41, 5.74) is 1.09. The van der Waals surface area contributed by atoms with Crippen LogP contribution < -0.4 is 9.46 Å². The van der Waals surface area contributed by atoms with Crippen LogP contribution in [0.5, 0.6) is 5.75 Å². The number of hydrogen-bond acceptors (Lipinski definition) is 4. The van der Waals surface area contributed by atoms with Gasteiger partial charge in [0.25, 0.3) is 0 Å². The van der Waals surface area contributed by atoms with Crippen molar-refractivity contribution in [3.05, 3.63) is 42.2 Å². The van der Waals surface area contributed by atoms with Gasteiger partial charge in [0.2, 0.25) is 10.0 Å². The van der Waals surface area contributed by atoms with E-state index in [1.165, 1.54) is 12.1 Å². The van der Waals surface area contributed by atoms with Crippen molar-refractivity contribution in [2.24, 2.45) is 0 Å². The normalized spacial score (nSPS) is 11.5. The van der Waals surface area contributed by atoms with Crippen LogP contribution in [-0.2, 0) is 16.6 Å². The Hall–Kier alpha value is -1.86. The van der Waals surface area contributed by atoms with Crippen molar-refractivity contribution in [1.29, 1.82) is 0 Å². The van der Waals surface area contributed by atoms with Gasteiger partial charge in [-0.1, -0.05) is 0 Å². The lowest BCUT2D eigenvalue weighted by atomic mass is 10.3. The number of aryl methyl sites for hydroxylation is 2. The van der Waals surface area contributed by atoms with Gasteiger partial charge in [-0.25, -0.2) is 13.1 Å². The molecular weight excluding hydrogens is 290 g/mol. The van der Waals surface area contributed by atoms with E-state index >= 15 is 0 Å². The molecule has 21 heavy (non-hydrogen) atoms. The Labute approximate surface area is 124 Å². The molecular formula is C14H19N3O3S. The van der Waals surface area contributed by atoms with Crippen molar-refractivity contribution in [2.45, 2.75) is 24.8 Å². The van der Waals surface area contributed by atoms with E-state index in [9.17, 15) is 8.42 Å². The number of sulfonamides is 1. The van der Waals surface area contributed by atoms with Crippen LogP contribution in [0.25, 0.3) is 0 Å². The molecule has 0 aliphatic carbocycles. The molecule has 1 heterocycles. The fraction of sp³-hybridized carbons (Fsp3) is 0.357. The highest BCUT2D eigenvalue weighted by Crippen LogP contribution is 2.15. The molecule has 0 amide bonds. The van der Waals surface area contributed by atoms with E-state index in [0.29, 0.717) is 25.3 Å². The highest BCUT2D eigenvalue weighted by atomic mass is 32.2. The predicted octanol–water partition coefficient (Wildman–Crippen LogP) is 1.57. The molecule has 2 aromatic rings. The van der Waals surface area contributed by atoms with Crippen LogP contribution in [0.15, 0.2) is 41.6 Å². The quantitative estimate of drug-likeness (QED) is 0.788. The molecule has 0 bridgehead atoms. The molecule has 0 saturated carbocycles. The summed E-state index contributed by atoms with van der Waals surface area (Å²) in [5.74, 6) is 0.628. The molecule has 0 aliphatic heterocycles. The van der Waals surface area contributed by atoms with Crippen LogP contribution in [-0.4, -0.2) is 31.9 Å². The van der Waals surface area contributed by atoms with E-state index in [2.05, 4.69) is 9.82 Å². The Morgan fingerprint density at radius 1 is 1.29 bits per heavy atom. The maximum atomic E-state index is 12.1. The average molecular weight is 309 g/mol. The highest BCUT2D eigenvalue weighted by molar-refractivity contribution is 7.89. The van der Waals surface area contributed by atoms with Crippen molar-refractivity contribution >= 4 is 10.0 Å². The monoisotopic (exact) mass is 309 g/mol. The third kappa shape index (κ3) is 4.30. The molecule has 0 unspecified atom stereocenters. The minimum absolute atomic E-state index is 0.234. The number of benzene rings is 1. The van der Waals surface area contributed by atoms with Crippen LogP contribution in [0, 0.1) is 6.92 Å². The summed E-state index contributed by atoms with van der Waals surface area (Å²) >= 11 is 0. The van der Waals surface area contributed by atoms with Gasteiger partial charge in [0.1, 0.15) is 5.75 Å². The van der Waals surface area contributed by atoms with Gasteiger partial charge >= 0.3 is 0 Å². The van der Waals surface area contributed by atoms with E-state index in [-0.39, 0.29) is 4.90 Å². The van der Waals surface area contributed by atoms with E-state index in [4.69, 9.17) is 4.74 Å². The lowest BCUT2D eigenvalue weighted by molar-refractivity contribution is 0.414. The molecule has 6 nitrogen and oxygen atoms in total. The summed E-state index contributed by atoms with van der Waals surface area (Å²) in [4.78, 5) is 0.234. The Morgan fingerprint density at radius 2 is 2.00 bits per heavy atom. The average Bonchev–Trinajstić information content (AvgIpc) is 2.89. The fourth-order valence-corrected chi connectivity index (χ4v) is 2.95. The largest absolute Gasteiger partial charge is 0.497 e. The second-order valence-electron chi connectivity index (χ2n) is 4.71. The molecule has 0 saturated heterocycles. The number of aromatic nitrogens is 2. The molecule has 1 aromatic heterocycles. The minimum atomic E-state index is -3.47. The van der Waals surface area contributed by atoms with Crippen LogP contribution in [0.3, 0.4) is 0 Å². The van der Waals surface area contributed by atoms with Crippen LogP contribution >= 0.6 is 0 Å². The van der Waals surface area contributed by atoms with Crippen LogP contribution in [0.4, 0.5) is 0 Å². The van der Waals surface area contributed by atoms with Crippen molar-refractivity contribution in [3.8, 4) is 5.75 Å². The van der Waals surface area contributed by atoms with E-state index in [1.807, 2.05) is 13.1 Å². The predicted molar refractivity (Wildman–Crippen MR) is 79.8 cm³/mol. The highest BCUT2D eigenvalue weighted by Gasteiger charge is 2.12. The lowest BCUT2D eigenvalue weighted by Gasteiger charge is -2.07. The maximum Gasteiger partial charge on any atom is 0.240 e. The number of ether oxygens (including phenoxy) is 1. The van der Waals surface area contributed by atoms with Gasteiger partial charge < -0.3 is 4.74 Å². The van der Waals surface area contributed by atoms with Gasteiger partial charge in [-0.15, -0.1) is 0 Å². The topological polar surface area (TPSA) is 73.2 Å². The minimum Gasteiger partial charge on any atom is -0.497 e. The van der Waals surface area contributed by atoms with Crippen molar-refractivity contribution in [1.82, 2.24) is 14.5 Å². The number of hydrogen-bond donors (Lipinski definition) is 1. The van der Waals surface area contributed by atoms with Gasteiger partial charge in [0, 0.05) is 19.3 Å². The third-order valence-electron chi connectivity index (χ3n) is 2.99. The summed E-state index contributed by atoms with van der Waals surface area (Å²) in [6, 6.07) is 6.30. The summed E-state index contributed by atoms with van der Waals surface area (Å²) < 4.78 is 33.5. The van der Waals surface area contributed by atoms with Crippen molar-refractivity contribution in [2.75, 3.05) is 13.7 Å². The molecule has 0 aliphatic rings. The summed E-state index contributed by atoms with van der Waals surface area (Å²) in [6.07, 6.45) is 4.38. The van der Waals surface area contributed by atoms with Gasteiger partial charge in [0.15, 0.2) is 0 Å². The van der Waals surface area contributed by atoms with E-state index in [0.717, 1.165) is 5.56 Å². The molecule has 1 aromatic carbocycles. The first kappa shape index (κ1) is 15.5. The van der Waals surface area contributed by atoms with Gasteiger partial charge in [0.05, 0.1) is 18.2 Å². The first-order valence-electron chi connectivity index (χ1n) is 6.64. The Kier molecular flexibility index (Phi) is 4.98. The summed E-state index contributed by atoms with van der Waals surface area (Å²) in [5, 5.41) is 4.15. The zero-order chi connectivity index (χ0) is 15.3. The molecule has 0 spiro atoms. The summed E-state index contributed by atoms with van der Waals surface area (Å²) in [7, 11) is -1.93. The number of nitrogens with zero attached hydrogens (tertiary/aromatic N) is 2. The smallest absolute Gasteiger partial charge is 0.240 e. The molecule has 7 heteroatoms. The second-order valence-corrected chi connectivity index (χ2v) is 6.47. The Balaban J connectivity index is 1.85. The number of nitrogens with one attached hydrogen (secondary N) is 1. The van der Waals surface area contributed by atoms with Gasteiger partial charge in [-0.3, -0.25) is 4.68 Å². The molecule has 114 valence electrons. The van der Waals surface area contributed by atoms with E-state index in [1.54, 1.807) is 30.1 Å². The first-order valence-corrected chi connectivity index (χ1v) is 8.12. The van der Waals surface area contributed by atoms with Gasteiger partial charge in [-0.05, 0) is 43.2 Å². The standard InChI is InChI=1S/C14H19N3O3S/c1-12-10-15-17(11-12)9-3-8-16-21(18,19)14-6-4-13(20-2)5-7-14/h4-7,10-11,16H,3,8-9H2,1-2H3. The van der Waals surface area contributed by atoms with Crippen LogP contribution in [0.2, 0.25) is 0 Å². The molecule has 1 N–H and O–H groups in total. The first-order chi connectivity index (χ1) is 10.0. The van der Waals surface area contributed by atoms with E-state index < -0.39 is 10.0 Å². The zero-order valence-electron chi connectivity index (χ0n) is 12.1. The molecule has 2 rings (SSSR count). The van der Waals surface area contributed by atoms with Crippen LogP contribution in [0.1, 0.15) is 12.0 Å². The van der Waals surface area contributed by atoms with Crippen molar-refractivity contribution in [3.63, 3.8) is 0 Å². The lowest BCUT2D eigenvalue weighted by Crippen LogP contribution is -2.25. The molecule has 0 radical (unpaired) electrons. The maximum absolute atomic E-state index is 12.1. The van der Waals surface area contributed by atoms with Crippen molar-refractivity contribution < 1.29 is 13.2 Å². The summed E-state index contributed by atoms with van der Waals surface area (Å²) in [6.45, 7) is 3.02. The SMILES string of the molecule is COc1ccc(S(=O)(=O)NCCCn2cc(C)cn2)cc1. The Bertz CT molecular complexity index is 678. The molecule has 0 fully saturated rings. The fourth-order valence-electron chi connectivity index (χ4n) is 1.88.